The summed E-state index contributed by atoms with van der Waals surface area (Å²) in [6, 6.07) is 0. The molecule has 0 aromatic carbocycles. The summed E-state index contributed by atoms with van der Waals surface area (Å²) in [6.45, 7) is -0.132. The third kappa shape index (κ3) is 0.816. The second kappa shape index (κ2) is 2.57. The van der Waals surface area contributed by atoms with E-state index in [9.17, 15) is 20.2 Å². The van der Waals surface area contributed by atoms with Gasteiger partial charge in [-0.3, -0.25) is 0 Å². The van der Waals surface area contributed by atoms with Gasteiger partial charge in [0.25, 0.3) is 0 Å². The summed E-state index contributed by atoms with van der Waals surface area (Å²) in [5.41, 5.74) is -2.34. The average Bonchev–Trinajstić information content (AvgIpc) is 2.64. The Morgan fingerprint density at radius 2 is 2.07 bits per heavy atom. The van der Waals surface area contributed by atoms with Gasteiger partial charge in [0.15, 0.2) is 0 Å². The first kappa shape index (κ1) is 9.65. The van der Waals surface area contributed by atoms with Crippen molar-refractivity contribution < 1.29 is 20.1 Å². The minimum Gasteiger partial charge on any atom is -0.390 e. The topological polar surface area (TPSA) is 99.4 Å². The summed E-state index contributed by atoms with van der Waals surface area (Å²) < 4.78 is 5.50. The standard InChI is InChI=1S/C9H13NO5/c11-6-5(3-10-14)9-2-4(15-9)1-8(9,13)7(6)12/h4-7,11-13H,1-3H2/t4-,5?,6+,7?,8?,9?/m0/s1. The molecule has 4 aliphatic rings. The van der Waals surface area contributed by atoms with Crippen molar-refractivity contribution in [2.24, 2.45) is 11.1 Å². The van der Waals surface area contributed by atoms with Crippen LogP contribution in [-0.4, -0.2) is 51.4 Å². The molecule has 2 heterocycles. The maximum Gasteiger partial charge on any atom is 0.125 e. The summed E-state index contributed by atoms with van der Waals surface area (Å²) in [5, 5.41) is 32.6. The lowest BCUT2D eigenvalue weighted by molar-refractivity contribution is -0.222. The SMILES string of the molecule is O=NCC1[C@@H](O)C(O)C2(O)C[C@H]3CC12O3. The predicted octanol–water partition coefficient (Wildman–Crippen LogP) is -1.23. The molecular weight excluding hydrogens is 202 g/mol. The van der Waals surface area contributed by atoms with Gasteiger partial charge in [-0.05, 0) is 0 Å². The molecule has 6 heteroatoms. The fraction of sp³-hybridized carbons (Fsp3) is 1.00. The number of ether oxygens (including phenoxy) is 1. The molecule has 1 spiro atoms. The molecule has 2 bridgehead atoms. The monoisotopic (exact) mass is 215 g/mol. The molecule has 4 rings (SSSR count). The van der Waals surface area contributed by atoms with Crippen LogP contribution in [0.2, 0.25) is 0 Å². The Hall–Kier alpha value is -0.560. The van der Waals surface area contributed by atoms with E-state index in [2.05, 4.69) is 5.18 Å². The van der Waals surface area contributed by atoms with E-state index in [1.165, 1.54) is 0 Å². The van der Waals surface area contributed by atoms with Crippen LogP contribution in [-0.2, 0) is 4.74 Å². The number of nitroso groups, excluding NO2 is 1. The number of rotatable bonds is 2. The number of hydrogen-bond acceptors (Lipinski definition) is 6. The molecule has 3 N–H and O–H groups in total. The predicted molar refractivity (Wildman–Crippen MR) is 48.0 cm³/mol. The van der Waals surface area contributed by atoms with Gasteiger partial charge in [0.2, 0.25) is 0 Å². The lowest BCUT2D eigenvalue weighted by Gasteiger charge is -2.44. The molecule has 84 valence electrons. The van der Waals surface area contributed by atoms with Crippen LogP contribution in [0.15, 0.2) is 5.18 Å². The van der Waals surface area contributed by atoms with Gasteiger partial charge in [-0.25, -0.2) is 0 Å². The third-order valence-corrected chi connectivity index (χ3v) is 4.27. The minimum atomic E-state index is -1.40. The summed E-state index contributed by atoms with van der Waals surface area (Å²) in [7, 11) is 0. The van der Waals surface area contributed by atoms with E-state index in [1.807, 2.05) is 0 Å². The van der Waals surface area contributed by atoms with E-state index in [1.54, 1.807) is 0 Å². The normalized spacial score (nSPS) is 61.3. The molecule has 2 saturated carbocycles. The Morgan fingerprint density at radius 1 is 1.40 bits per heavy atom. The Balaban J connectivity index is 2.01. The summed E-state index contributed by atoms with van der Waals surface area (Å²) in [5.74, 6) is -0.589. The van der Waals surface area contributed by atoms with Gasteiger partial charge in [-0.1, -0.05) is 5.18 Å². The van der Waals surface area contributed by atoms with Crippen molar-refractivity contribution >= 4 is 0 Å². The number of aliphatic hydroxyl groups is 3. The molecule has 0 aromatic heterocycles. The Morgan fingerprint density at radius 3 is 2.67 bits per heavy atom. The second-order valence-corrected chi connectivity index (χ2v) is 4.82. The molecular formula is C9H13NO5. The van der Waals surface area contributed by atoms with Crippen molar-refractivity contribution in [2.75, 3.05) is 6.54 Å². The smallest absolute Gasteiger partial charge is 0.125 e. The van der Waals surface area contributed by atoms with E-state index in [4.69, 9.17) is 4.74 Å². The maximum absolute atomic E-state index is 10.3. The van der Waals surface area contributed by atoms with Crippen LogP contribution in [0.5, 0.6) is 0 Å². The van der Waals surface area contributed by atoms with Crippen molar-refractivity contribution in [3.05, 3.63) is 4.91 Å². The van der Waals surface area contributed by atoms with Gasteiger partial charge in [-0.15, -0.1) is 0 Å². The highest BCUT2D eigenvalue weighted by Crippen LogP contribution is 2.64. The molecule has 0 radical (unpaired) electrons. The van der Waals surface area contributed by atoms with Crippen molar-refractivity contribution in [1.29, 1.82) is 0 Å². The lowest BCUT2D eigenvalue weighted by Crippen LogP contribution is -2.57. The molecule has 4 fully saturated rings. The molecule has 2 aliphatic carbocycles. The quantitative estimate of drug-likeness (QED) is 0.501. The Bertz CT molecular complexity index is 316. The van der Waals surface area contributed by atoms with Gasteiger partial charge in [0.05, 0.1) is 18.8 Å². The van der Waals surface area contributed by atoms with E-state index in [0.29, 0.717) is 12.8 Å². The van der Waals surface area contributed by atoms with Crippen LogP contribution in [0.1, 0.15) is 12.8 Å². The minimum absolute atomic E-state index is 0.0497. The van der Waals surface area contributed by atoms with E-state index in [0.717, 1.165) is 0 Å². The van der Waals surface area contributed by atoms with Crippen LogP contribution < -0.4 is 0 Å². The number of aliphatic hydroxyl groups excluding tert-OH is 2. The molecule has 0 amide bonds. The third-order valence-electron chi connectivity index (χ3n) is 4.27. The molecule has 2 aliphatic heterocycles. The molecule has 15 heavy (non-hydrogen) atoms. The molecule has 6 atom stereocenters. The van der Waals surface area contributed by atoms with Crippen LogP contribution >= 0.6 is 0 Å². The fourth-order valence-corrected chi connectivity index (χ4v) is 3.58. The van der Waals surface area contributed by atoms with Crippen LogP contribution in [0, 0.1) is 10.8 Å². The maximum atomic E-state index is 10.3. The van der Waals surface area contributed by atoms with Crippen molar-refractivity contribution in [3.63, 3.8) is 0 Å². The van der Waals surface area contributed by atoms with Gasteiger partial charge in [0, 0.05) is 18.8 Å². The van der Waals surface area contributed by atoms with Crippen molar-refractivity contribution in [3.8, 4) is 0 Å². The number of hydrogen-bond donors (Lipinski definition) is 3. The summed E-state index contributed by atoms with van der Waals surface area (Å²) in [6.07, 6.45) is -1.49. The lowest BCUT2D eigenvalue weighted by atomic mass is 9.81. The van der Waals surface area contributed by atoms with Crippen molar-refractivity contribution in [1.82, 2.24) is 0 Å². The summed E-state index contributed by atoms with van der Waals surface area (Å²) in [4.78, 5) is 10.3. The van der Waals surface area contributed by atoms with Gasteiger partial charge in [0.1, 0.15) is 17.3 Å². The molecule has 2 saturated heterocycles. The second-order valence-electron chi connectivity index (χ2n) is 4.82. The largest absolute Gasteiger partial charge is 0.390 e. The van der Waals surface area contributed by atoms with Gasteiger partial charge < -0.3 is 20.1 Å². The Kier molecular flexibility index (Phi) is 1.65. The van der Waals surface area contributed by atoms with Gasteiger partial charge in [-0.2, -0.15) is 4.91 Å². The van der Waals surface area contributed by atoms with Crippen LogP contribution in [0.3, 0.4) is 0 Å². The van der Waals surface area contributed by atoms with E-state index < -0.39 is 29.3 Å². The highest BCUT2D eigenvalue weighted by molar-refractivity contribution is 5.29. The van der Waals surface area contributed by atoms with Crippen molar-refractivity contribution in [2.45, 2.75) is 42.4 Å². The molecule has 0 aromatic rings. The van der Waals surface area contributed by atoms with Gasteiger partial charge >= 0.3 is 0 Å². The highest BCUT2D eigenvalue weighted by atomic mass is 16.6. The average molecular weight is 215 g/mol. The zero-order valence-electron chi connectivity index (χ0n) is 8.04. The molecule has 6 nitrogen and oxygen atoms in total. The summed E-state index contributed by atoms with van der Waals surface area (Å²) >= 11 is 0. The van der Waals surface area contributed by atoms with Crippen LogP contribution in [0.4, 0.5) is 0 Å². The Labute approximate surface area is 85.8 Å². The first-order valence-electron chi connectivity index (χ1n) is 5.10. The zero-order chi connectivity index (χ0) is 10.8. The van der Waals surface area contributed by atoms with E-state index >= 15 is 0 Å². The zero-order valence-corrected chi connectivity index (χ0v) is 8.04. The molecule has 4 unspecified atom stereocenters. The first-order chi connectivity index (χ1) is 7.05. The highest BCUT2D eigenvalue weighted by Gasteiger charge is 2.79. The van der Waals surface area contributed by atoms with Crippen LogP contribution in [0.25, 0.3) is 0 Å². The first-order valence-corrected chi connectivity index (χ1v) is 5.10. The fourth-order valence-electron chi connectivity index (χ4n) is 3.58. The van der Waals surface area contributed by atoms with E-state index in [-0.39, 0.29) is 12.6 Å². The number of nitrogens with zero attached hydrogens (tertiary/aromatic N) is 1.